The van der Waals surface area contributed by atoms with Gasteiger partial charge in [0, 0.05) is 31.9 Å². The summed E-state index contributed by atoms with van der Waals surface area (Å²) in [6.07, 6.45) is 2.35. The second-order valence-electron chi connectivity index (χ2n) is 5.59. The van der Waals surface area contributed by atoms with Crippen LogP contribution in [0.15, 0.2) is 35.3 Å². The Bertz CT molecular complexity index is 401. The summed E-state index contributed by atoms with van der Waals surface area (Å²) in [5.41, 5.74) is 1.16. The minimum Gasteiger partial charge on any atom is -0.380 e. The van der Waals surface area contributed by atoms with Crippen molar-refractivity contribution in [2.75, 3.05) is 25.5 Å². The largest absolute Gasteiger partial charge is 0.380 e. The maximum atomic E-state index is 4.26. The molecule has 0 fully saturated rings. The molecule has 0 aliphatic heterocycles. The molecule has 1 aromatic carbocycles. The molecule has 0 aromatic heterocycles. The molecule has 0 spiro atoms. The summed E-state index contributed by atoms with van der Waals surface area (Å²) in [7, 11) is 1.82. The number of anilines is 1. The fourth-order valence-corrected chi connectivity index (χ4v) is 2.01. The van der Waals surface area contributed by atoms with Crippen molar-refractivity contribution in [3.63, 3.8) is 0 Å². The second kappa shape index (κ2) is 10.1. The normalized spacial score (nSPS) is 13.1. The predicted molar refractivity (Wildman–Crippen MR) is 93.0 cm³/mol. The van der Waals surface area contributed by atoms with Gasteiger partial charge in [-0.3, -0.25) is 4.99 Å². The fourth-order valence-electron chi connectivity index (χ4n) is 2.01. The average Bonchev–Trinajstić information content (AvgIpc) is 2.50. The van der Waals surface area contributed by atoms with E-state index in [2.05, 4.69) is 66.0 Å². The molecule has 0 amide bonds. The van der Waals surface area contributed by atoms with E-state index in [0.29, 0.717) is 12.0 Å². The number of hydrogen-bond acceptors (Lipinski definition) is 2. The van der Waals surface area contributed by atoms with Crippen LogP contribution in [0.3, 0.4) is 0 Å². The molecule has 1 atom stereocenters. The monoisotopic (exact) mass is 290 g/mol. The quantitative estimate of drug-likeness (QED) is 0.392. The van der Waals surface area contributed by atoms with Gasteiger partial charge < -0.3 is 16.0 Å². The summed E-state index contributed by atoms with van der Waals surface area (Å²) >= 11 is 0. The Morgan fingerprint density at radius 1 is 1.14 bits per heavy atom. The zero-order chi connectivity index (χ0) is 15.5. The number of hydrogen-bond donors (Lipinski definition) is 3. The highest BCUT2D eigenvalue weighted by Gasteiger charge is 2.13. The van der Waals surface area contributed by atoms with Crippen LogP contribution in [0.5, 0.6) is 0 Å². The Morgan fingerprint density at radius 3 is 2.43 bits per heavy atom. The second-order valence-corrected chi connectivity index (χ2v) is 5.59. The van der Waals surface area contributed by atoms with Gasteiger partial charge in [-0.05, 0) is 24.5 Å². The lowest BCUT2D eigenvalue weighted by Gasteiger charge is -2.25. The van der Waals surface area contributed by atoms with E-state index < -0.39 is 0 Å². The smallest absolute Gasteiger partial charge is 0.191 e. The Hall–Kier alpha value is -1.71. The maximum absolute atomic E-state index is 4.26. The first kappa shape index (κ1) is 17.3. The summed E-state index contributed by atoms with van der Waals surface area (Å²) in [5.74, 6) is 1.41. The van der Waals surface area contributed by atoms with Crippen LogP contribution < -0.4 is 16.0 Å². The molecule has 1 rings (SSSR count). The van der Waals surface area contributed by atoms with Crippen molar-refractivity contribution >= 4 is 11.6 Å². The third-order valence-electron chi connectivity index (χ3n) is 3.47. The van der Waals surface area contributed by atoms with Crippen LogP contribution >= 0.6 is 0 Å². The molecule has 0 radical (unpaired) electrons. The standard InChI is InChI=1S/C17H30N4/c1-5-6-12-19-17(18-4)20-13-16(14(2)3)21-15-10-8-7-9-11-15/h7-11,14,16,21H,5-6,12-13H2,1-4H3,(H2,18,19,20). The summed E-state index contributed by atoms with van der Waals surface area (Å²) in [5, 5.41) is 10.3. The molecule has 4 heteroatoms. The predicted octanol–water partition coefficient (Wildman–Crippen LogP) is 3.09. The number of para-hydroxylation sites is 1. The van der Waals surface area contributed by atoms with Gasteiger partial charge in [-0.15, -0.1) is 0 Å². The summed E-state index contributed by atoms with van der Waals surface area (Å²) in [6, 6.07) is 10.7. The molecule has 1 unspecified atom stereocenters. The Labute approximate surface area is 129 Å². The number of rotatable bonds is 8. The van der Waals surface area contributed by atoms with Crippen molar-refractivity contribution < 1.29 is 0 Å². The third kappa shape index (κ3) is 7.02. The van der Waals surface area contributed by atoms with Crippen LogP contribution in [0, 0.1) is 5.92 Å². The number of nitrogens with zero attached hydrogens (tertiary/aromatic N) is 1. The van der Waals surface area contributed by atoms with Crippen molar-refractivity contribution in [2.45, 2.75) is 39.7 Å². The lowest BCUT2D eigenvalue weighted by atomic mass is 10.0. The zero-order valence-electron chi connectivity index (χ0n) is 13.8. The van der Waals surface area contributed by atoms with Gasteiger partial charge in [0.15, 0.2) is 5.96 Å². The molecule has 0 bridgehead atoms. The van der Waals surface area contributed by atoms with Crippen molar-refractivity contribution in [2.24, 2.45) is 10.9 Å². The molecule has 1 aromatic rings. The number of aliphatic imine (C=N–C) groups is 1. The zero-order valence-corrected chi connectivity index (χ0v) is 13.8. The highest BCUT2D eigenvalue weighted by molar-refractivity contribution is 5.79. The summed E-state index contributed by atoms with van der Waals surface area (Å²) < 4.78 is 0. The van der Waals surface area contributed by atoms with Crippen molar-refractivity contribution in [1.29, 1.82) is 0 Å². The van der Waals surface area contributed by atoms with E-state index in [4.69, 9.17) is 0 Å². The van der Waals surface area contributed by atoms with Crippen LogP contribution in [0.25, 0.3) is 0 Å². The Morgan fingerprint density at radius 2 is 1.86 bits per heavy atom. The summed E-state index contributed by atoms with van der Waals surface area (Å²) in [4.78, 5) is 4.26. The van der Waals surface area contributed by atoms with Crippen molar-refractivity contribution in [3.8, 4) is 0 Å². The first-order valence-electron chi connectivity index (χ1n) is 7.93. The van der Waals surface area contributed by atoms with Crippen molar-refractivity contribution in [1.82, 2.24) is 10.6 Å². The molecule has 21 heavy (non-hydrogen) atoms. The van der Waals surface area contributed by atoms with E-state index in [1.807, 2.05) is 13.1 Å². The fraction of sp³-hybridized carbons (Fsp3) is 0.588. The third-order valence-corrected chi connectivity index (χ3v) is 3.47. The minimum absolute atomic E-state index is 0.358. The molecule has 4 nitrogen and oxygen atoms in total. The molecule has 3 N–H and O–H groups in total. The van der Waals surface area contributed by atoms with Gasteiger partial charge in [0.25, 0.3) is 0 Å². The van der Waals surface area contributed by atoms with Crippen LogP contribution in [0.2, 0.25) is 0 Å². The lowest BCUT2D eigenvalue weighted by molar-refractivity contribution is 0.512. The molecule has 0 aliphatic rings. The van der Waals surface area contributed by atoms with E-state index in [-0.39, 0.29) is 0 Å². The average molecular weight is 290 g/mol. The number of benzene rings is 1. The van der Waals surface area contributed by atoms with E-state index in [1.54, 1.807) is 0 Å². The lowest BCUT2D eigenvalue weighted by Crippen LogP contribution is -2.45. The number of guanidine groups is 1. The molecule has 0 aliphatic carbocycles. The van der Waals surface area contributed by atoms with Crippen LogP contribution in [-0.4, -0.2) is 32.1 Å². The highest BCUT2D eigenvalue weighted by Crippen LogP contribution is 2.11. The summed E-state index contributed by atoms with van der Waals surface area (Å²) in [6.45, 7) is 8.47. The van der Waals surface area contributed by atoms with Gasteiger partial charge in [0.05, 0.1) is 0 Å². The van der Waals surface area contributed by atoms with Gasteiger partial charge in [0.1, 0.15) is 0 Å². The van der Waals surface area contributed by atoms with Crippen molar-refractivity contribution in [3.05, 3.63) is 30.3 Å². The Kier molecular flexibility index (Phi) is 8.32. The van der Waals surface area contributed by atoms with E-state index in [1.165, 1.54) is 6.42 Å². The molecule has 0 saturated carbocycles. The van der Waals surface area contributed by atoms with Gasteiger partial charge in [-0.1, -0.05) is 45.4 Å². The van der Waals surface area contributed by atoms with Crippen LogP contribution in [0.1, 0.15) is 33.6 Å². The number of unbranched alkanes of at least 4 members (excludes halogenated alkanes) is 1. The van der Waals surface area contributed by atoms with E-state index >= 15 is 0 Å². The SMILES string of the molecule is CCCCNC(=NC)NCC(Nc1ccccc1)C(C)C. The molecular weight excluding hydrogens is 260 g/mol. The van der Waals surface area contributed by atoms with E-state index in [9.17, 15) is 0 Å². The maximum Gasteiger partial charge on any atom is 0.191 e. The Balaban J connectivity index is 2.47. The molecule has 118 valence electrons. The highest BCUT2D eigenvalue weighted by atomic mass is 15.2. The number of nitrogens with one attached hydrogen (secondary N) is 3. The first-order chi connectivity index (χ1) is 10.2. The van der Waals surface area contributed by atoms with Crippen LogP contribution in [-0.2, 0) is 0 Å². The van der Waals surface area contributed by atoms with Gasteiger partial charge in [-0.25, -0.2) is 0 Å². The van der Waals surface area contributed by atoms with E-state index in [0.717, 1.165) is 31.2 Å². The van der Waals surface area contributed by atoms with Gasteiger partial charge in [-0.2, -0.15) is 0 Å². The van der Waals surface area contributed by atoms with Gasteiger partial charge in [0.2, 0.25) is 0 Å². The first-order valence-corrected chi connectivity index (χ1v) is 7.93. The van der Waals surface area contributed by atoms with Gasteiger partial charge >= 0.3 is 0 Å². The topological polar surface area (TPSA) is 48.5 Å². The molecule has 0 saturated heterocycles. The van der Waals surface area contributed by atoms with Crippen LogP contribution in [0.4, 0.5) is 5.69 Å². The minimum atomic E-state index is 0.358. The molecular formula is C17H30N4. The molecule has 0 heterocycles.